The minimum absolute atomic E-state index is 0.220. The van der Waals surface area contributed by atoms with Gasteiger partial charge in [-0.2, -0.15) is 0 Å². The number of allylic oxidation sites excluding steroid dienone is 1. The van der Waals surface area contributed by atoms with Gasteiger partial charge in [-0.25, -0.2) is 0 Å². The molecule has 0 spiro atoms. The second kappa shape index (κ2) is 7.85. The van der Waals surface area contributed by atoms with Crippen molar-refractivity contribution >= 4 is 31.0 Å². The van der Waals surface area contributed by atoms with E-state index >= 15 is 0 Å². The molecule has 2 rings (SSSR count). The van der Waals surface area contributed by atoms with Gasteiger partial charge in [0.1, 0.15) is 0 Å². The van der Waals surface area contributed by atoms with Crippen LogP contribution in [0.2, 0.25) is 0 Å². The molecule has 2 aromatic carbocycles. The summed E-state index contributed by atoms with van der Waals surface area (Å²) in [7, 11) is 0. The standard InChI is InChI=1S/C18H16O3Se/c1-13(19)18(21)17(22-15-10-6-3-7-11-15)12-16(20)14-8-4-2-5-9-14/h2-13,19H,1H3/b17-12+. The summed E-state index contributed by atoms with van der Waals surface area (Å²) in [5, 5.41) is 9.56. The Balaban J connectivity index is 2.30. The average Bonchev–Trinajstić information content (AvgIpc) is 2.55. The SMILES string of the molecule is CC(O)C(=O)/C(=C\C(=O)c1ccccc1)[Se]c1ccccc1. The van der Waals surface area contributed by atoms with Crippen molar-refractivity contribution < 1.29 is 14.7 Å². The van der Waals surface area contributed by atoms with E-state index in [2.05, 4.69) is 0 Å². The number of hydrogen-bond donors (Lipinski definition) is 1. The van der Waals surface area contributed by atoms with Crippen LogP contribution >= 0.6 is 0 Å². The molecule has 22 heavy (non-hydrogen) atoms. The van der Waals surface area contributed by atoms with Gasteiger partial charge in [0.2, 0.25) is 0 Å². The van der Waals surface area contributed by atoms with Crippen molar-refractivity contribution in [1.29, 1.82) is 0 Å². The van der Waals surface area contributed by atoms with Gasteiger partial charge in [-0.3, -0.25) is 0 Å². The molecule has 4 heteroatoms. The Morgan fingerprint density at radius 2 is 1.55 bits per heavy atom. The third-order valence-electron chi connectivity index (χ3n) is 2.91. The van der Waals surface area contributed by atoms with Crippen molar-refractivity contribution in [3.05, 3.63) is 76.8 Å². The first-order valence-electron chi connectivity index (χ1n) is 6.84. The Bertz CT molecular complexity index is 676. The number of carbonyl (C=O) groups is 2. The maximum absolute atomic E-state index is 12.3. The molecule has 1 unspecified atom stereocenters. The number of ketones is 2. The molecule has 0 aliphatic carbocycles. The predicted octanol–water partition coefficient (Wildman–Crippen LogP) is 1.73. The molecule has 0 saturated carbocycles. The van der Waals surface area contributed by atoms with Gasteiger partial charge in [0, 0.05) is 0 Å². The second-order valence-electron chi connectivity index (χ2n) is 4.69. The Labute approximate surface area is 135 Å². The molecule has 2 aromatic rings. The average molecular weight is 359 g/mol. The van der Waals surface area contributed by atoms with Crippen LogP contribution in [0.15, 0.2) is 71.2 Å². The molecule has 1 N–H and O–H groups in total. The zero-order chi connectivity index (χ0) is 15.9. The first-order chi connectivity index (χ1) is 10.6. The number of carbonyl (C=O) groups excluding carboxylic acids is 2. The number of aliphatic hydroxyl groups is 1. The molecule has 112 valence electrons. The molecule has 0 aliphatic rings. The zero-order valence-corrected chi connectivity index (χ0v) is 13.8. The fourth-order valence-corrected chi connectivity index (χ4v) is 3.84. The fraction of sp³-hybridized carbons (Fsp3) is 0.111. The van der Waals surface area contributed by atoms with Crippen LogP contribution in [-0.2, 0) is 4.79 Å². The summed E-state index contributed by atoms with van der Waals surface area (Å²) in [5.41, 5.74) is 0.530. The van der Waals surface area contributed by atoms with Crippen molar-refractivity contribution in [3.8, 4) is 0 Å². The third kappa shape index (κ3) is 4.50. The number of Topliss-reactive ketones (excluding diaryl/α,β-unsaturated/α-hetero) is 1. The van der Waals surface area contributed by atoms with Crippen LogP contribution in [0.3, 0.4) is 0 Å². The van der Waals surface area contributed by atoms with Gasteiger partial charge in [0.05, 0.1) is 0 Å². The van der Waals surface area contributed by atoms with E-state index in [4.69, 9.17) is 0 Å². The first kappa shape index (κ1) is 16.4. The number of rotatable bonds is 6. The normalized spacial score (nSPS) is 12.7. The molecule has 3 nitrogen and oxygen atoms in total. The van der Waals surface area contributed by atoms with Crippen molar-refractivity contribution in [2.45, 2.75) is 13.0 Å². The van der Waals surface area contributed by atoms with Gasteiger partial charge in [-0.05, 0) is 0 Å². The Hall–Kier alpha value is -2.00. The van der Waals surface area contributed by atoms with Crippen LogP contribution in [0, 0.1) is 0 Å². The maximum atomic E-state index is 12.3. The fourth-order valence-electron chi connectivity index (χ4n) is 1.78. The van der Waals surface area contributed by atoms with E-state index in [1.165, 1.54) is 13.0 Å². The molecule has 0 aromatic heterocycles. The summed E-state index contributed by atoms with van der Waals surface area (Å²) in [6.07, 6.45) is 0.248. The van der Waals surface area contributed by atoms with Crippen LogP contribution in [0.5, 0.6) is 0 Å². The first-order valence-corrected chi connectivity index (χ1v) is 8.55. The molecule has 0 amide bonds. The van der Waals surface area contributed by atoms with Gasteiger partial charge >= 0.3 is 135 Å². The quantitative estimate of drug-likeness (QED) is 0.486. The third-order valence-corrected chi connectivity index (χ3v) is 5.11. The van der Waals surface area contributed by atoms with Gasteiger partial charge in [0.15, 0.2) is 0 Å². The Morgan fingerprint density at radius 1 is 1.00 bits per heavy atom. The van der Waals surface area contributed by atoms with Crippen LogP contribution in [0.4, 0.5) is 0 Å². The van der Waals surface area contributed by atoms with Gasteiger partial charge < -0.3 is 0 Å². The van der Waals surface area contributed by atoms with Crippen LogP contribution < -0.4 is 4.46 Å². The van der Waals surface area contributed by atoms with E-state index in [1.54, 1.807) is 24.3 Å². The van der Waals surface area contributed by atoms with Gasteiger partial charge in [-0.15, -0.1) is 0 Å². The molecule has 0 aliphatic heterocycles. The van der Waals surface area contributed by atoms with E-state index in [0.717, 1.165) is 4.46 Å². The molecular formula is C18H16O3Se. The van der Waals surface area contributed by atoms with Crippen LogP contribution in [0.1, 0.15) is 17.3 Å². The monoisotopic (exact) mass is 360 g/mol. The number of aliphatic hydroxyl groups excluding tert-OH is 1. The van der Waals surface area contributed by atoms with Crippen LogP contribution in [-0.4, -0.2) is 37.7 Å². The Morgan fingerprint density at radius 3 is 2.09 bits per heavy atom. The van der Waals surface area contributed by atoms with Crippen LogP contribution in [0.25, 0.3) is 0 Å². The van der Waals surface area contributed by atoms with Crippen molar-refractivity contribution in [2.24, 2.45) is 0 Å². The zero-order valence-electron chi connectivity index (χ0n) is 12.1. The summed E-state index contributed by atoms with van der Waals surface area (Å²) < 4.78 is 1.36. The van der Waals surface area contributed by atoms with Gasteiger partial charge in [0.25, 0.3) is 0 Å². The number of hydrogen-bond acceptors (Lipinski definition) is 3. The second-order valence-corrected chi connectivity index (χ2v) is 7.03. The summed E-state index contributed by atoms with van der Waals surface area (Å²) in [6, 6.07) is 18.3. The molecule has 0 bridgehead atoms. The van der Waals surface area contributed by atoms with E-state index in [0.29, 0.717) is 10.0 Å². The predicted molar refractivity (Wildman–Crippen MR) is 87.4 cm³/mol. The van der Waals surface area contributed by atoms with E-state index in [1.807, 2.05) is 36.4 Å². The van der Waals surface area contributed by atoms with Crippen molar-refractivity contribution in [3.63, 3.8) is 0 Å². The van der Waals surface area contributed by atoms with Gasteiger partial charge in [-0.1, -0.05) is 0 Å². The summed E-state index contributed by atoms with van der Waals surface area (Å²) in [5.74, 6) is -0.615. The summed E-state index contributed by atoms with van der Waals surface area (Å²) >= 11 is -0.320. The topological polar surface area (TPSA) is 54.4 Å². The molecule has 0 fully saturated rings. The molecule has 0 heterocycles. The molecular weight excluding hydrogens is 343 g/mol. The van der Waals surface area contributed by atoms with E-state index in [9.17, 15) is 14.7 Å². The Kier molecular flexibility index (Phi) is 5.84. The summed E-state index contributed by atoms with van der Waals surface area (Å²) in [4.78, 5) is 24.4. The van der Waals surface area contributed by atoms with E-state index in [-0.39, 0.29) is 20.7 Å². The minimum atomic E-state index is -1.11. The molecule has 0 saturated heterocycles. The summed E-state index contributed by atoms with van der Waals surface area (Å²) in [6.45, 7) is 1.42. The van der Waals surface area contributed by atoms with Crippen molar-refractivity contribution in [1.82, 2.24) is 0 Å². The molecule has 0 radical (unpaired) electrons. The van der Waals surface area contributed by atoms with Crippen molar-refractivity contribution in [2.75, 3.05) is 0 Å². The van der Waals surface area contributed by atoms with E-state index < -0.39 is 11.9 Å². The molecule has 1 atom stereocenters. The number of benzene rings is 2.